The molecule has 7 heteroatoms. The molecular weight excluding hydrogens is 212 g/mol. The molecule has 0 bridgehead atoms. The van der Waals surface area contributed by atoms with Crippen molar-refractivity contribution in [3.8, 4) is 0 Å². The van der Waals surface area contributed by atoms with Gasteiger partial charge in [-0.1, -0.05) is 0 Å². The number of nitrogen functional groups attached to an aromatic ring is 1. The fourth-order valence-corrected chi connectivity index (χ4v) is 1.82. The number of hydrogen-bond acceptors (Lipinski definition) is 6. The lowest BCUT2D eigenvalue weighted by Gasteiger charge is -2.04. The van der Waals surface area contributed by atoms with Gasteiger partial charge in [-0.05, 0) is 18.7 Å². The summed E-state index contributed by atoms with van der Waals surface area (Å²) in [5.41, 5.74) is 6.55. The molecule has 2 aromatic heterocycles. The highest BCUT2D eigenvalue weighted by Gasteiger charge is 2.09. The van der Waals surface area contributed by atoms with E-state index in [1.165, 1.54) is 24.4 Å². The lowest BCUT2D eigenvalue weighted by atomic mass is 10.4. The van der Waals surface area contributed by atoms with Crippen molar-refractivity contribution >= 4 is 17.6 Å². The first-order valence-corrected chi connectivity index (χ1v) is 5.09. The Balaban J connectivity index is 2.33. The molecule has 2 N–H and O–H groups in total. The quantitative estimate of drug-likeness (QED) is 0.751. The van der Waals surface area contributed by atoms with Crippen LogP contribution in [0, 0.1) is 6.92 Å². The minimum atomic E-state index is 0.495. The van der Waals surface area contributed by atoms with E-state index in [0.29, 0.717) is 5.82 Å². The van der Waals surface area contributed by atoms with Crippen molar-refractivity contribution in [3.63, 3.8) is 0 Å². The average molecular weight is 222 g/mol. The summed E-state index contributed by atoms with van der Waals surface area (Å²) in [6.45, 7) is 1.88. The summed E-state index contributed by atoms with van der Waals surface area (Å²) in [4.78, 5) is 12.1. The molecule has 0 saturated heterocycles. The predicted molar refractivity (Wildman–Crippen MR) is 56.3 cm³/mol. The number of aromatic nitrogens is 5. The van der Waals surface area contributed by atoms with E-state index in [0.717, 1.165) is 15.7 Å². The van der Waals surface area contributed by atoms with Gasteiger partial charge in [0.1, 0.15) is 23.5 Å². The first kappa shape index (κ1) is 9.91. The third-order valence-corrected chi connectivity index (χ3v) is 3.09. The zero-order chi connectivity index (χ0) is 10.8. The minimum absolute atomic E-state index is 0.495. The maximum Gasteiger partial charge on any atom is 0.192 e. The van der Waals surface area contributed by atoms with Gasteiger partial charge in [-0.25, -0.2) is 19.6 Å². The van der Waals surface area contributed by atoms with Gasteiger partial charge in [0.2, 0.25) is 0 Å². The molecule has 2 rings (SSSR count). The van der Waals surface area contributed by atoms with Crippen molar-refractivity contribution in [2.24, 2.45) is 7.05 Å². The molecule has 0 radical (unpaired) electrons. The topological polar surface area (TPSA) is 82.5 Å². The van der Waals surface area contributed by atoms with Crippen LogP contribution >= 0.6 is 11.8 Å². The molecule has 0 atom stereocenters. The summed E-state index contributed by atoms with van der Waals surface area (Å²) in [6.07, 6.45) is 2.95. The number of rotatable bonds is 2. The summed E-state index contributed by atoms with van der Waals surface area (Å²) < 4.78 is 1.68. The van der Waals surface area contributed by atoms with E-state index < -0.39 is 0 Å². The van der Waals surface area contributed by atoms with Crippen LogP contribution in [0.25, 0.3) is 0 Å². The Hall–Kier alpha value is -1.63. The average Bonchev–Trinajstić information content (AvgIpc) is 2.60. The van der Waals surface area contributed by atoms with E-state index in [1.807, 2.05) is 14.0 Å². The molecule has 15 heavy (non-hydrogen) atoms. The molecule has 6 nitrogen and oxygen atoms in total. The van der Waals surface area contributed by atoms with Crippen molar-refractivity contribution in [2.75, 3.05) is 5.73 Å². The summed E-state index contributed by atoms with van der Waals surface area (Å²) in [6, 6.07) is 0. The van der Waals surface area contributed by atoms with Crippen molar-refractivity contribution in [1.82, 2.24) is 24.7 Å². The predicted octanol–water partition coefficient (Wildman–Crippen LogP) is 0.647. The lowest BCUT2D eigenvalue weighted by Crippen LogP contribution is -1.99. The van der Waals surface area contributed by atoms with Gasteiger partial charge in [-0.3, -0.25) is 0 Å². The van der Waals surface area contributed by atoms with Crippen LogP contribution in [0.15, 0.2) is 22.8 Å². The number of anilines is 1. The molecule has 0 aliphatic rings. The number of hydrogen-bond donors (Lipinski definition) is 1. The fraction of sp³-hybridized carbons (Fsp3) is 0.250. The zero-order valence-corrected chi connectivity index (χ0v) is 9.19. The highest BCUT2D eigenvalue weighted by atomic mass is 32.2. The first-order valence-electron chi connectivity index (χ1n) is 4.27. The van der Waals surface area contributed by atoms with E-state index in [1.54, 1.807) is 4.68 Å². The SMILES string of the molecule is Cc1c(N)ncnc1Sc1ncnn1C. The van der Waals surface area contributed by atoms with Gasteiger partial charge in [-0.2, -0.15) is 5.10 Å². The van der Waals surface area contributed by atoms with E-state index in [4.69, 9.17) is 5.73 Å². The molecule has 0 unspecified atom stereocenters. The molecule has 2 aromatic rings. The van der Waals surface area contributed by atoms with Gasteiger partial charge in [0, 0.05) is 12.6 Å². The van der Waals surface area contributed by atoms with Gasteiger partial charge >= 0.3 is 0 Å². The van der Waals surface area contributed by atoms with Crippen LogP contribution in [0.1, 0.15) is 5.56 Å². The van der Waals surface area contributed by atoms with Crippen LogP contribution in [0.3, 0.4) is 0 Å². The highest BCUT2D eigenvalue weighted by molar-refractivity contribution is 7.99. The van der Waals surface area contributed by atoms with Gasteiger partial charge in [-0.15, -0.1) is 0 Å². The van der Waals surface area contributed by atoms with Crippen molar-refractivity contribution in [3.05, 3.63) is 18.2 Å². The Kier molecular flexibility index (Phi) is 2.55. The summed E-state index contributed by atoms with van der Waals surface area (Å²) in [5, 5.41) is 5.55. The zero-order valence-electron chi connectivity index (χ0n) is 8.38. The number of aryl methyl sites for hydroxylation is 1. The molecular formula is C8H10N6S. The summed E-state index contributed by atoms with van der Waals surface area (Å²) in [5.74, 6) is 0.495. The molecule has 0 spiro atoms. The maximum absolute atomic E-state index is 5.68. The minimum Gasteiger partial charge on any atom is -0.383 e. The van der Waals surface area contributed by atoms with Crippen molar-refractivity contribution < 1.29 is 0 Å². The third-order valence-electron chi connectivity index (χ3n) is 1.93. The molecule has 0 fully saturated rings. The van der Waals surface area contributed by atoms with Gasteiger partial charge in [0.25, 0.3) is 0 Å². The second-order valence-corrected chi connectivity index (χ2v) is 3.91. The Bertz CT molecular complexity index is 480. The summed E-state index contributed by atoms with van der Waals surface area (Å²) >= 11 is 1.42. The van der Waals surface area contributed by atoms with Crippen molar-refractivity contribution in [2.45, 2.75) is 17.1 Å². The van der Waals surface area contributed by atoms with Crippen LogP contribution in [-0.4, -0.2) is 24.7 Å². The standard InChI is InChI=1S/C8H10N6S/c1-5-6(9)10-3-11-7(5)15-8-12-4-13-14(8)2/h3-4H,1-2H3,(H2,9,10,11). The molecule has 0 aliphatic heterocycles. The smallest absolute Gasteiger partial charge is 0.192 e. The number of nitrogens with zero attached hydrogens (tertiary/aromatic N) is 5. The van der Waals surface area contributed by atoms with Crippen LogP contribution in [0.4, 0.5) is 5.82 Å². The molecule has 0 aromatic carbocycles. The molecule has 78 valence electrons. The van der Waals surface area contributed by atoms with Gasteiger partial charge in [0.15, 0.2) is 5.16 Å². The first-order chi connectivity index (χ1) is 7.18. The van der Waals surface area contributed by atoms with Gasteiger partial charge < -0.3 is 5.73 Å². The molecule has 2 heterocycles. The van der Waals surface area contributed by atoms with E-state index in [-0.39, 0.29) is 0 Å². The normalized spacial score (nSPS) is 10.5. The van der Waals surface area contributed by atoms with Crippen LogP contribution in [0.5, 0.6) is 0 Å². The lowest BCUT2D eigenvalue weighted by molar-refractivity contribution is 0.684. The van der Waals surface area contributed by atoms with Crippen molar-refractivity contribution in [1.29, 1.82) is 0 Å². The second-order valence-electron chi connectivity index (χ2n) is 2.96. The van der Waals surface area contributed by atoms with E-state index in [2.05, 4.69) is 20.1 Å². The Morgan fingerprint density at radius 2 is 2.07 bits per heavy atom. The molecule has 0 aliphatic carbocycles. The largest absolute Gasteiger partial charge is 0.383 e. The van der Waals surface area contributed by atoms with Crippen LogP contribution < -0.4 is 5.73 Å². The monoisotopic (exact) mass is 222 g/mol. The Morgan fingerprint density at radius 1 is 1.27 bits per heavy atom. The summed E-state index contributed by atoms with van der Waals surface area (Å²) in [7, 11) is 1.83. The van der Waals surface area contributed by atoms with E-state index >= 15 is 0 Å². The van der Waals surface area contributed by atoms with Gasteiger partial charge in [0.05, 0.1) is 0 Å². The second kappa shape index (κ2) is 3.85. The molecule has 0 amide bonds. The third kappa shape index (κ3) is 1.91. The Morgan fingerprint density at radius 3 is 2.73 bits per heavy atom. The fourth-order valence-electron chi connectivity index (χ4n) is 1.01. The van der Waals surface area contributed by atoms with Crippen LogP contribution in [-0.2, 0) is 7.05 Å². The number of nitrogens with two attached hydrogens (primary N) is 1. The molecule has 0 saturated carbocycles. The van der Waals surface area contributed by atoms with Crippen LogP contribution in [0.2, 0.25) is 0 Å². The highest BCUT2D eigenvalue weighted by Crippen LogP contribution is 2.27. The van der Waals surface area contributed by atoms with E-state index in [9.17, 15) is 0 Å². The maximum atomic E-state index is 5.68. The Labute approximate surface area is 90.9 Å².